The molecule has 20 heavy (non-hydrogen) atoms. The predicted molar refractivity (Wildman–Crippen MR) is 77.5 cm³/mol. The topological polar surface area (TPSA) is 89.7 Å². The molecule has 0 aliphatic carbocycles. The monoisotopic (exact) mass is 300 g/mol. The lowest BCUT2D eigenvalue weighted by molar-refractivity contribution is -0.140. The maximum atomic E-state index is 12.0. The highest BCUT2D eigenvalue weighted by molar-refractivity contribution is 7.93. The van der Waals surface area contributed by atoms with Gasteiger partial charge < -0.3 is 4.74 Å². The molecule has 7 heteroatoms. The van der Waals surface area contributed by atoms with Crippen LogP contribution in [0.2, 0.25) is 0 Å². The number of rotatable bonds is 7. The van der Waals surface area contributed by atoms with Crippen molar-refractivity contribution in [2.24, 2.45) is 5.84 Å². The normalized spacial score (nSPS) is 11.2. The second kappa shape index (κ2) is 7.25. The summed E-state index contributed by atoms with van der Waals surface area (Å²) >= 11 is 0. The number of hydrogen-bond donors (Lipinski definition) is 1. The quantitative estimate of drug-likeness (QED) is 0.355. The molecule has 0 unspecified atom stereocenters. The Hall–Kier alpha value is -1.60. The van der Waals surface area contributed by atoms with Gasteiger partial charge in [0.25, 0.3) is 10.0 Å². The number of esters is 1. The molecule has 0 amide bonds. The van der Waals surface area contributed by atoms with E-state index in [0.29, 0.717) is 16.5 Å². The average molecular weight is 300 g/mol. The van der Waals surface area contributed by atoms with Crippen molar-refractivity contribution in [1.82, 2.24) is 0 Å². The highest BCUT2D eigenvalue weighted by atomic mass is 32.2. The van der Waals surface area contributed by atoms with Crippen molar-refractivity contribution in [3.8, 4) is 0 Å². The van der Waals surface area contributed by atoms with Crippen LogP contribution in [-0.2, 0) is 19.6 Å². The number of sulfonamides is 1. The van der Waals surface area contributed by atoms with E-state index in [1.165, 1.54) is 0 Å². The van der Waals surface area contributed by atoms with Gasteiger partial charge in [0.15, 0.2) is 5.75 Å². The van der Waals surface area contributed by atoms with Crippen molar-refractivity contribution in [2.75, 3.05) is 16.8 Å². The molecule has 0 radical (unpaired) electrons. The fraction of sp³-hybridized carbons (Fsp3) is 0.462. The van der Waals surface area contributed by atoms with Gasteiger partial charge in [-0.15, -0.1) is 0 Å². The second-order valence-electron chi connectivity index (χ2n) is 4.46. The summed E-state index contributed by atoms with van der Waals surface area (Å²) in [6.45, 7) is 4.05. The van der Waals surface area contributed by atoms with E-state index in [1.54, 1.807) is 24.3 Å². The first-order chi connectivity index (χ1) is 9.36. The SMILES string of the molecule is CCCCOC(=O)CS(=O)(=O)N(N)c1ccc(C)cc1. The summed E-state index contributed by atoms with van der Waals surface area (Å²) in [6, 6.07) is 6.64. The van der Waals surface area contributed by atoms with Gasteiger partial charge >= 0.3 is 5.97 Å². The molecule has 6 nitrogen and oxygen atoms in total. The van der Waals surface area contributed by atoms with Crippen LogP contribution >= 0.6 is 0 Å². The van der Waals surface area contributed by atoms with Crippen LogP contribution in [0.25, 0.3) is 0 Å². The summed E-state index contributed by atoms with van der Waals surface area (Å²) in [5.74, 6) is 4.01. The Balaban J connectivity index is 2.68. The molecule has 0 saturated heterocycles. The Labute approximate surface area is 119 Å². The van der Waals surface area contributed by atoms with Crippen molar-refractivity contribution in [1.29, 1.82) is 0 Å². The van der Waals surface area contributed by atoms with Gasteiger partial charge in [-0.25, -0.2) is 18.7 Å². The first-order valence-electron chi connectivity index (χ1n) is 6.37. The first kappa shape index (κ1) is 16.5. The van der Waals surface area contributed by atoms with Crippen LogP contribution in [0.4, 0.5) is 5.69 Å². The summed E-state index contributed by atoms with van der Waals surface area (Å²) < 4.78 is 29.3. The summed E-state index contributed by atoms with van der Waals surface area (Å²) in [4.78, 5) is 11.4. The van der Waals surface area contributed by atoms with Crippen molar-refractivity contribution < 1.29 is 17.9 Å². The van der Waals surface area contributed by atoms with E-state index in [1.807, 2.05) is 13.8 Å². The summed E-state index contributed by atoms with van der Waals surface area (Å²) in [5, 5.41) is 0. The zero-order valence-corrected chi connectivity index (χ0v) is 12.5. The van der Waals surface area contributed by atoms with Crippen molar-refractivity contribution >= 4 is 21.7 Å². The minimum Gasteiger partial charge on any atom is -0.465 e. The molecule has 0 aromatic heterocycles. The molecule has 2 N–H and O–H groups in total. The number of nitrogens with two attached hydrogens (primary N) is 1. The fourth-order valence-electron chi connectivity index (χ4n) is 1.44. The summed E-state index contributed by atoms with van der Waals surface area (Å²) in [5.41, 5.74) is 1.29. The predicted octanol–water partition coefficient (Wildman–Crippen LogP) is 1.35. The largest absolute Gasteiger partial charge is 0.465 e. The number of carbonyl (C=O) groups is 1. The molecule has 0 bridgehead atoms. The number of carbonyl (C=O) groups excluding carboxylic acids is 1. The molecule has 0 heterocycles. The molecule has 1 aromatic carbocycles. The van der Waals surface area contributed by atoms with E-state index in [0.717, 1.165) is 12.0 Å². The summed E-state index contributed by atoms with van der Waals surface area (Å²) in [7, 11) is -3.93. The molecule has 1 aromatic rings. The van der Waals surface area contributed by atoms with E-state index in [2.05, 4.69) is 0 Å². The first-order valence-corrected chi connectivity index (χ1v) is 7.97. The van der Waals surface area contributed by atoms with Crippen LogP contribution in [0.5, 0.6) is 0 Å². The lowest BCUT2D eigenvalue weighted by Gasteiger charge is -2.18. The molecule has 0 fully saturated rings. The minimum absolute atomic E-state index is 0.222. The number of hydrogen-bond acceptors (Lipinski definition) is 5. The number of unbranched alkanes of at least 4 members (excludes halogenated alkanes) is 1. The van der Waals surface area contributed by atoms with Gasteiger partial charge in [-0.2, -0.15) is 0 Å². The van der Waals surface area contributed by atoms with Gasteiger partial charge in [-0.05, 0) is 25.5 Å². The van der Waals surface area contributed by atoms with Gasteiger partial charge in [0.1, 0.15) is 0 Å². The molecule has 112 valence electrons. The zero-order chi connectivity index (χ0) is 15.2. The average Bonchev–Trinajstić information content (AvgIpc) is 2.38. The van der Waals surface area contributed by atoms with Crippen LogP contribution in [0, 0.1) is 6.92 Å². The third kappa shape index (κ3) is 4.82. The van der Waals surface area contributed by atoms with Crippen LogP contribution in [0.1, 0.15) is 25.3 Å². The van der Waals surface area contributed by atoms with Gasteiger partial charge in [-0.1, -0.05) is 31.0 Å². The van der Waals surface area contributed by atoms with Gasteiger partial charge in [0, 0.05) is 0 Å². The Kier molecular flexibility index (Phi) is 5.97. The van der Waals surface area contributed by atoms with E-state index in [9.17, 15) is 13.2 Å². The second-order valence-corrected chi connectivity index (χ2v) is 6.31. The maximum Gasteiger partial charge on any atom is 0.323 e. The molecule has 0 aliphatic rings. The highest BCUT2D eigenvalue weighted by Gasteiger charge is 2.24. The lowest BCUT2D eigenvalue weighted by Crippen LogP contribution is -2.41. The van der Waals surface area contributed by atoms with E-state index >= 15 is 0 Å². The third-order valence-corrected chi connectivity index (χ3v) is 4.06. The molecule has 0 saturated carbocycles. The number of nitrogens with zero attached hydrogens (tertiary/aromatic N) is 1. The van der Waals surface area contributed by atoms with Crippen LogP contribution in [0.3, 0.4) is 0 Å². The number of anilines is 1. The maximum absolute atomic E-state index is 12.0. The summed E-state index contributed by atoms with van der Waals surface area (Å²) in [6.07, 6.45) is 1.57. The van der Waals surface area contributed by atoms with Crippen molar-refractivity contribution in [3.63, 3.8) is 0 Å². The van der Waals surface area contributed by atoms with Gasteiger partial charge in [-0.3, -0.25) is 4.79 Å². The Morgan fingerprint density at radius 2 is 1.90 bits per heavy atom. The molecular formula is C13H20N2O4S. The standard InChI is InChI=1S/C13H20N2O4S/c1-3-4-9-19-13(16)10-20(17,18)15(14)12-7-5-11(2)6-8-12/h5-8H,3-4,9-10,14H2,1-2H3. The van der Waals surface area contributed by atoms with Gasteiger partial charge in [0.05, 0.1) is 12.3 Å². The smallest absolute Gasteiger partial charge is 0.323 e. The Bertz CT molecular complexity index is 540. The minimum atomic E-state index is -3.93. The molecule has 0 aliphatic heterocycles. The number of hydrazine groups is 1. The molecule has 1 rings (SSSR count). The fourth-order valence-corrected chi connectivity index (χ4v) is 2.41. The van der Waals surface area contributed by atoms with Crippen LogP contribution in [0.15, 0.2) is 24.3 Å². The number of aryl methyl sites for hydroxylation is 1. The molecular weight excluding hydrogens is 280 g/mol. The van der Waals surface area contributed by atoms with E-state index < -0.39 is 21.7 Å². The Morgan fingerprint density at radius 3 is 2.45 bits per heavy atom. The van der Waals surface area contributed by atoms with Gasteiger partial charge in [0.2, 0.25) is 0 Å². The highest BCUT2D eigenvalue weighted by Crippen LogP contribution is 2.15. The molecule has 0 spiro atoms. The van der Waals surface area contributed by atoms with Crippen molar-refractivity contribution in [3.05, 3.63) is 29.8 Å². The number of benzene rings is 1. The Morgan fingerprint density at radius 1 is 1.30 bits per heavy atom. The number of ether oxygens (including phenoxy) is 1. The zero-order valence-electron chi connectivity index (χ0n) is 11.7. The van der Waals surface area contributed by atoms with E-state index in [4.69, 9.17) is 10.6 Å². The van der Waals surface area contributed by atoms with Crippen LogP contribution < -0.4 is 10.3 Å². The van der Waals surface area contributed by atoms with Crippen molar-refractivity contribution in [2.45, 2.75) is 26.7 Å². The lowest BCUT2D eigenvalue weighted by atomic mass is 10.2. The van der Waals surface area contributed by atoms with Crippen LogP contribution in [-0.4, -0.2) is 26.7 Å². The van der Waals surface area contributed by atoms with E-state index in [-0.39, 0.29) is 6.61 Å². The third-order valence-electron chi connectivity index (χ3n) is 2.65. The molecule has 0 atom stereocenters.